The Labute approximate surface area is 132 Å². The molecular formula is C15H16N4O4. The molecule has 8 heteroatoms. The van der Waals surface area contributed by atoms with Crippen molar-refractivity contribution < 1.29 is 18.9 Å². The summed E-state index contributed by atoms with van der Waals surface area (Å²) in [6, 6.07) is 7.84. The van der Waals surface area contributed by atoms with Crippen LogP contribution in [0.15, 0.2) is 34.9 Å². The van der Waals surface area contributed by atoms with Crippen LogP contribution in [0.3, 0.4) is 0 Å². The Hall–Kier alpha value is -3.16. The first-order valence-corrected chi connectivity index (χ1v) is 6.83. The number of carbonyl (C=O) groups is 3. The lowest BCUT2D eigenvalue weighted by Crippen LogP contribution is -2.35. The fraction of sp³-hybridized carbons (Fsp3) is 0.200. The van der Waals surface area contributed by atoms with Crippen molar-refractivity contribution in [3.8, 4) is 0 Å². The highest BCUT2D eigenvalue weighted by Gasteiger charge is 2.13. The van der Waals surface area contributed by atoms with Gasteiger partial charge >= 0.3 is 0 Å². The molecule has 0 aliphatic rings. The van der Waals surface area contributed by atoms with E-state index in [9.17, 15) is 14.4 Å². The molecule has 0 atom stereocenters. The number of rotatable bonds is 5. The molecule has 2 rings (SSSR count). The zero-order valence-electron chi connectivity index (χ0n) is 12.7. The number of amides is 3. The maximum absolute atomic E-state index is 12.0. The van der Waals surface area contributed by atoms with Crippen molar-refractivity contribution in [2.75, 3.05) is 18.9 Å². The third kappa shape index (κ3) is 4.40. The van der Waals surface area contributed by atoms with Crippen LogP contribution in [0, 0.1) is 6.92 Å². The van der Waals surface area contributed by atoms with Gasteiger partial charge in [0, 0.05) is 24.4 Å². The molecule has 0 saturated carbocycles. The Morgan fingerprint density at radius 2 is 1.96 bits per heavy atom. The van der Waals surface area contributed by atoms with E-state index in [0.29, 0.717) is 16.9 Å². The Bertz CT molecular complexity index is 739. The van der Waals surface area contributed by atoms with Crippen LogP contribution in [-0.2, 0) is 4.79 Å². The Kier molecular flexibility index (Phi) is 5.08. The average molecular weight is 316 g/mol. The number of benzene rings is 1. The molecule has 0 spiro atoms. The van der Waals surface area contributed by atoms with E-state index in [4.69, 9.17) is 4.52 Å². The second-order valence-corrected chi connectivity index (χ2v) is 4.72. The average Bonchev–Trinajstić information content (AvgIpc) is 2.99. The summed E-state index contributed by atoms with van der Waals surface area (Å²) in [7, 11) is 1.48. The van der Waals surface area contributed by atoms with Crippen molar-refractivity contribution in [2.45, 2.75) is 6.92 Å². The SMILES string of the molecule is CNC(=O)CNC(=O)c1cccc(NC(=O)c2cc(C)no2)c1. The van der Waals surface area contributed by atoms with E-state index in [0.717, 1.165) is 0 Å². The van der Waals surface area contributed by atoms with Gasteiger partial charge in [0.05, 0.1) is 12.2 Å². The second kappa shape index (κ2) is 7.21. The van der Waals surface area contributed by atoms with Crippen LogP contribution in [-0.4, -0.2) is 36.5 Å². The van der Waals surface area contributed by atoms with Gasteiger partial charge in [0.15, 0.2) is 0 Å². The summed E-state index contributed by atoms with van der Waals surface area (Å²) in [5.41, 5.74) is 1.34. The highest BCUT2D eigenvalue weighted by molar-refractivity contribution is 6.03. The van der Waals surface area contributed by atoms with Gasteiger partial charge in [-0.05, 0) is 25.1 Å². The molecule has 0 saturated heterocycles. The van der Waals surface area contributed by atoms with E-state index in [2.05, 4.69) is 21.1 Å². The molecular weight excluding hydrogens is 300 g/mol. The lowest BCUT2D eigenvalue weighted by atomic mass is 10.2. The monoisotopic (exact) mass is 316 g/mol. The van der Waals surface area contributed by atoms with E-state index in [1.165, 1.54) is 19.2 Å². The minimum absolute atomic E-state index is 0.0805. The third-order valence-electron chi connectivity index (χ3n) is 2.92. The molecule has 120 valence electrons. The standard InChI is InChI=1S/C15H16N4O4/c1-9-6-12(23-19-9)15(22)18-11-5-3-4-10(7-11)14(21)17-8-13(20)16-2/h3-7H,8H2,1-2H3,(H,16,20)(H,17,21)(H,18,22). The van der Waals surface area contributed by atoms with Crippen LogP contribution >= 0.6 is 0 Å². The van der Waals surface area contributed by atoms with Crippen molar-refractivity contribution in [1.29, 1.82) is 0 Å². The van der Waals surface area contributed by atoms with Gasteiger partial charge in [0.1, 0.15) is 0 Å². The van der Waals surface area contributed by atoms with E-state index in [1.807, 2.05) is 0 Å². The Balaban J connectivity index is 2.03. The van der Waals surface area contributed by atoms with Crippen molar-refractivity contribution in [3.63, 3.8) is 0 Å². The number of nitrogens with one attached hydrogen (secondary N) is 3. The largest absolute Gasteiger partial charge is 0.358 e. The molecule has 0 aliphatic carbocycles. The van der Waals surface area contributed by atoms with Gasteiger partial charge in [-0.25, -0.2) is 0 Å². The first-order valence-electron chi connectivity index (χ1n) is 6.83. The predicted molar refractivity (Wildman–Crippen MR) is 82.0 cm³/mol. The van der Waals surface area contributed by atoms with Gasteiger partial charge in [-0.2, -0.15) is 0 Å². The predicted octanol–water partition coefficient (Wildman–Crippen LogP) is 0.711. The number of aromatic nitrogens is 1. The molecule has 1 heterocycles. The maximum atomic E-state index is 12.0. The van der Waals surface area contributed by atoms with E-state index in [1.54, 1.807) is 25.1 Å². The van der Waals surface area contributed by atoms with Crippen molar-refractivity contribution in [1.82, 2.24) is 15.8 Å². The number of hydrogen-bond acceptors (Lipinski definition) is 5. The Morgan fingerprint density at radius 1 is 1.17 bits per heavy atom. The van der Waals surface area contributed by atoms with E-state index < -0.39 is 11.8 Å². The molecule has 0 radical (unpaired) electrons. The maximum Gasteiger partial charge on any atom is 0.294 e. The van der Waals surface area contributed by atoms with E-state index >= 15 is 0 Å². The van der Waals surface area contributed by atoms with Crippen LogP contribution < -0.4 is 16.0 Å². The highest BCUT2D eigenvalue weighted by atomic mass is 16.5. The van der Waals surface area contributed by atoms with Gasteiger partial charge in [-0.1, -0.05) is 11.2 Å². The molecule has 0 unspecified atom stereocenters. The number of carbonyl (C=O) groups excluding carboxylic acids is 3. The summed E-state index contributed by atoms with van der Waals surface area (Å²) in [6.07, 6.45) is 0. The van der Waals surface area contributed by atoms with Gasteiger partial charge in [-0.15, -0.1) is 0 Å². The van der Waals surface area contributed by atoms with Crippen molar-refractivity contribution in [3.05, 3.63) is 47.3 Å². The summed E-state index contributed by atoms with van der Waals surface area (Å²) in [4.78, 5) is 35.0. The van der Waals surface area contributed by atoms with E-state index in [-0.39, 0.29) is 18.2 Å². The Morgan fingerprint density at radius 3 is 2.61 bits per heavy atom. The first kappa shape index (κ1) is 16.2. The van der Waals surface area contributed by atoms with Crippen LogP contribution in [0.1, 0.15) is 26.6 Å². The fourth-order valence-corrected chi connectivity index (χ4v) is 1.75. The highest BCUT2D eigenvalue weighted by Crippen LogP contribution is 2.13. The molecule has 1 aromatic heterocycles. The second-order valence-electron chi connectivity index (χ2n) is 4.72. The minimum atomic E-state index is -0.464. The summed E-state index contributed by atoms with van der Waals surface area (Å²) in [5, 5.41) is 11.1. The molecule has 0 aliphatic heterocycles. The van der Waals surface area contributed by atoms with Gasteiger partial charge in [0.25, 0.3) is 11.8 Å². The summed E-state index contributed by atoms with van der Waals surface area (Å²) >= 11 is 0. The van der Waals surface area contributed by atoms with Crippen LogP contribution in [0.25, 0.3) is 0 Å². The molecule has 1 aromatic carbocycles. The quantitative estimate of drug-likeness (QED) is 0.752. The molecule has 8 nitrogen and oxygen atoms in total. The zero-order valence-corrected chi connectivity index (χ0v) is 12.7. The van der Waals surface area contributed by atoms with Crippen LogP contribution in [0.5, 0.6) is 0 Å². The smallest absolute Gasteiger partial charge is 0.294 e. The van der Waals surface area contributed by atoms with Crippen molar-refractivity contribution >= 4 is 23.4 Å². The summed E-state index contributed by atoms with van der Waals surface area (Å²) in [5.74, 6) is -1.10. The topological polar surface area (TPSA) is 113 Å². The molecule has 0 fully saturated rings. The zero-order chi connectivity index (χ0) is 16.8. The minimum Gasteiger partial charge on any atom is -0.358 e. The number of nitrogens with zero attached hydrogens (tertiary/aromatic N) is 1. The molecule has 23 heavy (non-hydrogen) atoms. The molecule has 2 aromatic rings. The molecule has 3 N–H and O–H groups in total. The molecule has 3 amide bonds. The lowest BCUT2D eigenvalue weighted by Gasteiger charge is -2.07. The van der Waals surface area contributed by atoms with Gasteiger partial charge in [0.2, 0.25) is 11.7 Å². The number of anilines is 1. The van der Waals surface area contributed by atoms with Crippen LogP contribution in [0.4, 0.5) is 5.69 Å². The number of likely N-dealkylation sites (N-methyl/N-ethyl adjacent to an activating group) is 1. The van der Waals surface area contributed by atoms with Crippen LogP contribution in [0.2, 0.25) is 0 Å². The lowest BCUT2D eigenvalue weighted by molar-refractivity contribution is -0.119. The normalized spacial score (nSPS) is 10.0. The first-order chi connectivity index (χ1) is 11.0. The number of hydrogen-bond donors (Lipinski definition) is 3. The van der Waals surface area contributed by atoms with Crippen molar-refractivity contribution in [2.24, 2.45) is 0 Å². The van der Waals surface area contributed by atoms with Gasteiger partial charge in [-0.3, -0.25) is 14.4 Å². The summed E-state index contributed by atoms with van der Waals surface area (Å²) < 4.78 is 4.87. The summed E-state index contributed by atoms with van der Waals surface area (Å²) in [6.45, 7) is 1.58. The fourth-order valence-electron chi connectivity index (χ4n) is 1.75. The molecule has 0 bridgehead atoms. The number of aryl methyl sites for hydroxylation is 1. The third-order valence-corrected chi connectivity index (χ3v) is 2.92. The van der Waals surface area contributed by atoms with Gasteiger partial charge < -0.3 is 20.5 Å².